The number of carbonyl (C=O) groups is 1. The second-order valence-electron chi connectivity index (χ2n) is 5.51. The largest absolute Gasteiger partial charge is 0.328 e. The molecule has 1 amide bonds. The highest BCUT2D eigenvalue weighted by Gasteiger charge is 2.36. The average Bonchev–Trinajstić information content (AvgIpc) is 2.74. The molecule has 1 aliphatic heterocycles. The van der Waals surface area contributed by atoms with Crippen molar-refractivity contribution in [3.8, 4) is 0 Å². The molecule has 1 aromatic carbocycles. The van der Waals surface area contributed by atoms with Gasteiger partial charge in [-0.3, -0.25) is 9.69 Å². The molecule has 1 aromatic rings. The van der Waals surface area contributed by atoms with Gasteiger partial charge in [-0.05, 0) is 48.8 Å². The second kappa shape index (κ2) is 6.16. The minimum absolute atomic E-state index is 0.0214. The molecule has 1 heterocycles. The summed E-state index contributed by atoms with van der Waals surface area (Å²) in [6.07, 6.45) is 7.48. The van der Waals surface area contributed by atoms with Crippen LogP contribution in [0.3, 0.4) is 0 Å². The van der Waals surface area contributed by atoms with E-state index in [1.165, 1.54) is 19.3 Å². The lowest BCUT2D eigenvalue weighted by molar-refractivity contribution is -0.124. The number of carbonyl (C=O) groups excluding carboxylic acids is 1. The van der Waals surface area contributed by atoms with Gasteiger partial charge in [-0.1, -0.05) is 43.0 Å². The van der Waals surface area contributed by atoms with Crippen molar-refractivity contribution < 1.29 is 4.79 Å². The standard InChI is InChI=1S/C16H17ClN2OS/c17-12-6-4-5-11(9-12)10-14-15(20)19(16(21)18-14)13-7-2-1-3-8-13/h4-6,9-10,13H,1-3,7-8H2,(H,18,21)/b14-10+. The molecule has 0 unspecified atom stereocenters. The van der Waals surface area contributed by atoms with Crippen molar-refractivity contribution in [3.05, 3.63) is 40.5 Å². The molecule has 0 spiro atoms. The van der Waals surface area contributed by atoms with Gasteiger partial charge in [0.25, 0.3) is 5.91 Å². The van der Waals surface area contributed by atoms with E-state index in [4.69, 9.17) is 23.8 Å². The summed E-state index contributed by atoms with van der Waals surface area (Å²) in [5, 5.41) is 4.23. The number of hydrogen-bond donors (Lipinski definition) is 1. The Hall–Kier alpha value is -1.39. The van der Waals surface area contributed by atoms with Crippen LogP contribution in [0.15, 0.2) is 30.0 Å². The lowest BCUT2D eigenvalue weighted by Gasteiger charge is -2.29. The first-order valence-corrected chi connectivity index (χ1v) is 8.05. The number of nitrogens with zero attached hydrogens (tertiary/aromatic N) is 1. The van der Waals surface area contributed by atoms with Crippen molar-refractivity contribution in [3.63, 3.8) is 0 Å². The molecule has 3 nitrogen and oxygen atoms in total. The van der Waals surface area contributed by atoms with E-state index in [2.05, 4.69) is 5.32 Å². The minimum atomic E-state index is -0.0214. The van der Waals surface area contributed by atoms with Crippen LogP contribution in [0.4, 0.5) is 0 Å². The molecule has 1 saturated carbocycles. The molecule has 1 saturated heterocycles. The van der Waals surface area contributed by atoms with Gasteiger partial charge in [0.2, 0.25) is 0 Å². The highest BCUT2D eigenvalue weighted by molar-refractivity contribution is 7.80. The summed E-state index contributed by atoms with van der Waals surface area (Å²) in [5.41, 5.74) is 1.43. The van der Waals surface area contributed by atoms with E-state index in [0.29, 0.717) is 15.8 Å². The maximum absolute atomic E-state index is 12.6. The van der Waals surface area contributed by atoms with Crippen LogP contribution >= 0.6 is 23.8 Å². The number of nitrogens with one attached hydrogen (secondary N) is 1. The van der Waals surface area contributed by atoms with Crippen LogP contribution in [-0.2, 0) is 4.79 Å². The number of halogens is 1. The van der Waals surface area contributed by atoms with Crippen molar-refractivity contribution in [1.29, 1.82) is 0 Å². The molecule has 0 bridgehead atoms. The molecule has 110 valence electrons. The molecule has 3 rings (SSSR count). The van der Waals surface area contributed by atoms with Crippen molar-refractivity contribution in [2.45, 2.75) is 38.1 Å². The molecule has 2 aliphatic rings. The third-order valence-electron chi connectivity index (χ3n) is 4.01. The van der Waals surface area contributed by atoms with E-state index in [-0.39, 0.29) is 11.9 Å². The Kier molecular flexibility index (Phi) is 4.27. The van der Waals surface area contributed by atoms with E-state index >= 15 is 0 Å². The molecule has 5 heteroatoms. The maximum Gasteiger partial charge on any atom is 0.276 e. The average molecular weight is 321 g/mol. The highest BCUT2D eigenvalue weighted by atomic mass is 35.5. The Morgan fingerprint density at radius 1 is 1.29 bits per heavy atom. The zero-order chi connectivity index (χ0) is 14.8. The number of hydrogen-bond acceptors (Lipinski definition) is 2. The molecule has 0 atom stereocenters. The maximum atomic E-state index is 12.6. The van der Waals surface area contributed by atoms with Crippen molar-refractivity contribution >= 4 is 40.9 Å². The number of thiocarbonyl (C=S) groups is 1. The van der Waals surface area contributed by atoms with Gasteiger partial charge in [0.15, 0.2) is 5.11 Å². The van der Waals surface area contributed by atoms with Crippen LogP contribution in [-0.4, -0.2) is 22.0 Å². The first-order valence-electron chi connectivity index (χ1n) is 7.27. The Morgan fingerprint density at radius 2 is 2.05 bits per heavy atom. The van der Waals surface area contributed by atoms with Crippen molar-refractivity contribution in [2.24, 2.45) is 0 Å². The van der Waals surface area contributed by atoms with Crippen LogP contribution in [0.5, 0.6) is 0 Å². The summed E-state index contributed by atoms with van der Waals surface area (Å²) in [7, 11) is 0. The van der Waals surface area contributed by atoms with E-state index < -0.39 is 0 Å². The SMILES string of the molecule is O=C1/C(=C\c2cccc(Cl)c2)NC(=S)N1C1CCCCC1. The molecule has 2 fully saturated rings. The molecule has 0 radical (unpaired) electrons. The van der Waals surface area contributed by atoms with Gasteiger partial charge in [0.1, 0.15) is 5.70 Å². The summed E-state index contributed by atoms with van der Waals surface area (Å²) in [6, 6.07) is 7.67. The fourth-order valence-electron chi connectivity index (χ4n) is 2.98. The van der Waals surface area contributed by atoms with E-state index in [9.17, 15) is 4.79 Å². The third-order valence-corrected chi connectivity index (χ3v) is 4.54. The van der Waals surface area contributed by atoms with Crippen LogP contribution < -0.4 is 5.32 Å². The molecule has 1 aliphatic carbocycles. The first-order chi connectivity index (χ1) is 10.1. The minimum Gasteiger partial charge on any atom is -0.328 e. The smallest absolute Gasteiger partial charge is 0.276 e. The summed E-state index contributed by atoms with van der Waals surface area (Å²) < 4.78 is 0. The van der Waals surface area contributed by atoms with Crippen molar-refractivity contribution in [2.75, 3.05) is 0 Å². The van der Waals surface area contributed by atoms with Gasteiger partial charge < -0.3 is 5.32 Å². The third kappa shape index (κ3) is 3.11. The quantitative estimate of drug-likeness (QED) is 0.665. The van der Waals surface area contributed by atoms with E-state index in [0.717, 1.165) is 18.4 Å². The topological polar surface area (TPSA) is 32.3 Å². The van der Waals surface area contributed by atoms with Gasteiger partial charge in [0.05, 0.1) is 0 Å². The predicted molar refractivity (Wildman–Crippen MR) is 88.9 cm³/mol. The van der Waals surface area contributed by atoms with Gasteiger partial charge in [-0.15, -0.1) is 0 Å². The first kappa shape index (κ1) is 14.5. The van der Waals surface area contributed by atoms with Crippen LogP contribution in [0.25, 0.3) is 6.08 Å². The molecule has 1 N–H and O–H groups in total. The fraction of sp³-hybridized carbons (Fsp3) is 0.375. The van der Waals surface area contributed by atoms with Crippen LogP contribution in [0.2, 0.25) is 5.02 Å². The molecule has 21 heavy (non-hydrogen) atoms. The Labute approximate surface area is 135 Å². The number of rotatable bonds is 2. The summed E-state index contributed by atoms with van der Waals surface area (Å²) >= 11 is 11.3. The van der Waals surface area contributed by atoms with Crippen LogP contribution in [0, 0.1) is 0 Å². The number of amides is 1. The van der Waals surface area contributed by atoms with Crippen LogP contribution in [0.1, 0.15) is 37.7 Å². The van der Waals surface area contributed by atoms with Crippen molar-refractivity contribution in [1.82, 2.24) is 10.2 Å². The highest BCUT2D eigenvalue weighted by Crippen LogP contribution is 2.27. The normalized spacial score (nSPS) is 22.0. The van der Waals surface area contributed by atoms with E-state index in [1.807, 2.05) is 30.3 Å². The molecular formula is C16H17ClN2OS. The van der Waals surface area contributed by atoms with Gasteiger partial charge >= 0.3 is 0 Å². The molecule has 0 aromatic heterocycles. The Morgan fingerprint density at radius 3 is 2.76 bits per heavy atom. The van der Waals surface area contributed by atoms with E-state index in [1.54, 1.807) is 4.90 Å². The second-order valence-corrected chi connectivity index (χ2v) is 6.33. The Bertz CT molecular complexity index is 608. The molecular weight excluding hydrogens is 304 g/mol. The fourth-order valence-corrected chi connectivity index (χ4v) is 3.52. The van der Waals surface area contributed by atoms with Gasteiger partial charge in [-0.25, -0.2) is 0 Å². The zero-order valence-corrected chi connectivity index (χ0v) is 13.2. The lowest BCUT2D eigenvalue weighted by Crippen LogP contribution is -2.41. The predicted octanol–water partition coefficient (Wildman–Crippen LogP) is 3.73. The monoisotopic (exact) mass is 320 g/mol. The van der Waals surface area contributed by atoms with Gasteiger partial charge in [0, 0.05) is 11.1 Å². The summed E-state index contributed by atoms with van der Waals surface area (Å²) in [4.78, 5) is 14.3. The zero-order valence-electron chi connectivity index (χ0n) is 11.6. The van der Waals surface area contributed by atoms with Gasteiger partial charge in [-0.2, -0.15) is 0 Å². The lowest BCUT2D eigenvalue weighted by atomic mass is 9.94. The summed E-state index contributed by atoms with van der Waals surface area (Å²) in [6.45, 7) is 0. The summed E-state index contributed by atoms with van der Waals surface area (Å²) in [5.74, 6) is -0.0214. The number of benzene rings is 1. The Balaban J connectivity index is 1.82.